The van der Waals surface area contributed by atoms with Gasteiger partial charge in [0.2, 0.25) is 0 Å². The number of carbonyl (C=O) groups excluding carboxylic acids is 1. The average Bonchev–Trinajstić information content (AvgIpc) is 2.53. The largest absolute Gasteiger partial charge is 0.376 e. The lowest BCUT2D eigenvalue weighted by Gasteiger charge is -2.27. The van der Waals surface area contributed by atoms with E-state index in [4.69, 9.17) is 9.47 Å². The molecule has 0 aliphatic carbocycles. The van der Waals surface area contributed by atoms with Crippen LogP contribution in [-0.4, -0.2) is 31.8 Å². The van der Waals surface area contributed by atoms with E-state index >= 15 is 0 Å². The van der Waals surface area contributed by atoms with E-state index in [9.17, 15) is 4.79 Å². The molecule has 1 heterocycles. The van der Waals surface area contributed by atoms with Gasteiger partial charge in [-0.2, -0.15) is 0 Å². The van der Waals surface area contributed by atoms with E-state index in [1.54, 1.807) is 0 Å². The van der Waals surface area contributed by atoms with Crippen LogP contribution in [0.5, 0.6) is 0 Å². The summed E-state index contributed by atoms with van der Waals surface area (Å²) < 4.78 is 10.8. The molecule has 1 N–H and O–H groups in total. The minimum atomic E-state index is -0.491. The second-order valence-electron chi connectivity index (χ2n) is 5.76. The number of nitrogens with one attached hydrogen (secondary N) is 1. The quantitative estimate of drug-likeness (QED) is 0.906. The molecule has 0 bridgehead atoms. The number of hydrogen-bond acceptors (Lipinski definition) is 3. The molecule has 0 radical (unpaired) electrons. The Balaban J connectivity index is 2.05. The smallest absolute Gasteiger partial charge is 0.252 e. The summed E-state index contributed by atoms with van der Waals surface area (Å²) in [5.74, 6) is 0.221. The lowest BCUT2D eigenvalue weighted by molar-refractivity contribution is -0.148. The van der Waals surface area contributed by atoms with Gasteiger partial charge in [0.25, 0.3) is 5.91 Å². The van der Waals surface area contributed by atoms with Crippen LogP contribution in [0.1, 0.15) is 37.9 Å². The van der Waals surface area contributed by atoms with Crippen LogP contribution in [0.25, 0.3) is 0 Å². The van der Waals surface area contributed by atoms with Crippen molar-refractivity contribution in [3.8, 4) is 0 Å². The normalized spacial score (nSPS) is 20.3. The summed E-state index contributed by atoms with van der Waals surface area (Å²) in [6.07, 6.45) is 0.529. The van der Waals surface area contributed by atoms with E-state index in [2.05, 4.69) is 50.4 Å². The van der Waals surface area contributed by atoms with Gasteiger partial charge >= 0.3 is 0 Å². The summed E-state index contributed by atoms with van der Waals surface area (Å²) in [6.45, 7) is 7.74. The molecule has 116 valence electrons. The zero-order chi connectivity index (χ0) is 15.2. The van der Waals surface area contributed by atoms with E-state index < -0.39 is 6.10 Å². The molecule has 1 aromatic carbocycles. The summed E-state index contributed by atoms with van der Waals surface area (Å²) >= 11 is 0. The van der Waals surface area contributed by atoms with Crippen molar-refractivity contribution in [3.05, 3.63) is 35.4 Å². The first-order valence-corrected chi connectivity index (χ1v) is 7.70. The molecule has 1 aliphatic heterocycles. The fraction of sp³-hybridized carbons (Fsp3) is 0.588. The van der Waals surface area contributed by atoms with E-state index in [1.807, 2.05) is 0 Å². The molecule has 2 rings (SSSR count). The second-order valence-corrected chi connectivity index (χ2v) is 5.76. The third kappa shape index (κ3) is 4.29. The Labute approximate surface area is 126 Å². The Morgan fingerprint density at radius 3 is 2.52 bits per heavy atom. The van der Waals surface area contributed by atoms with Crippen LogP contribution in [0.2, 0.25) is 0 Å². The van der Waals surface area contributed by atoms with Gasteiger partial charge in [-0.05, 0) is 23.5 Å². The van der Waals surface area contributed by atoms with Gasteiger partial charge in [0.1, 0.15) is 0 Å². The molecule has 2 atom stereocenters. The minimum absolute atomic E-state index is 0.00562. The summed E-state index contributed by atoms with van der Waals surface area (Å²) in [4.78, 5) is 12.3. The Kier molecular flexibility index (Phi) is 5.76. The Bertz CT molecular complexity index is 450. The zero-order valence-corrected chi connectivity index (χ0v) is 13.1. The molecule has 4 nitrogen and oxygen atoms in total. The highest BCUT2D eigenvalue weighted by molar-refractivity contribution is 5.81. The van der Waals surface area contributed by atoms with Crippen molar-refractivity contribution < 1.29 is 14.3 Å². The zero-order valence-electron chi connectivity index (χ0n) is 13.1. The van der Waals surface area contributed by atoms with Crippen molar-refractivity contribution in [2.24, 2.45) is 5.92 Å². The van der Waals surface area contributed by atoms with Gasteiger partial charge in [0.15, 0.2) is 6.10 Å². The predicted octanol–water partition coefficient (Wildman–Crippen LogP) is 2.48. The first-order valence-electron chi connectivity index (χ1n) is 7.70. The molecule has 0 unspecified atom stereocenters. The molecule has 0 spiro atoms. The number of amides is 1. The van der Waals surface area contributed by atoms with Crippen LogP contribution < -0.4 is 5.32 Å². The van der Waals surface area contributed by atoms with Crippen LogP contribution in [-0.2, 0) is 20.7 Å². The van der Waals surface area contributed by atoms with Gasteiger partial charge in [-0.3, -0.25) is 4.79 Å². The highest BCUT2D eigenvalue weighted by atomic mass is 16.6. The summed E-state index contributed by atoms with van der Waals surface area (Å²) in [5, 5.41) is 3.10. The standard InChI is InChI=1S/C17H25NO3/c1-4-13-5-7-14(8-6-13)16(12(2)3)18-17(19)15-11-20-9-10-21-15/h5-8,12,15-16H,4,9-11H2,1-3H3,(H,18,19)/t15-,16-/m1/s1. The monoisotopic (exact) mass is 291 g/mol. The van der Waals surface area contributed by atoms with Crippen LogP contribution in [0.3, 0.4) is 0 Å². The average molecular weight is 291 g/mol. The summed E-state index contributed by atoms with van der Waals surface area (Å²) in [6, 6.07) is 8.44. The topological polar surface area (TPSA) is 47.6 Å². The molecule has 1 aromatic rings. The summed E-state index contributed by atoms with van der Waals surface area (Å²) in [5.41, 5.74) is 2.43. The fourth-order valence-corrected chi connectivity index (χ4v) is 2.48. The van der Waals surface area contributed by atoms with E-state index in [0.29, 0.717) is 25.7 Å². The molecule has 21 heavy (non-hydrogen) atoms. The highest BCUT2D eigenvalue weighted by Gasteiger charge is 2.26. The Morgan fingerprint density at radius 2 is 2.00 bits per heavy atom. The minimum Gasteiger partial charge on any atom is -0.376 e. The van der Waals surface area contributed by atoms with Crippen molar-refractivity contribution in [1.82, 2.24) is 5.32 Å². The lowest BCUT2D eigenvalue weighted by atomic mass is 9.94. The molecule has 4 heteroatoms. The molecule has 1 saturated heterocycles. The third-order valence-corrected chi connectivity index (χ3v) is 3.82. The van der Waals surface area contributed by atoms with Gasteiger partial charge < -0.3 is 14.8 Å². The maximum Gasteiger partial charge on any atom is 0.252 e. The van der Waals surface area contributed by atoms with Gasteiger partial charge in [-0.25, -0.2) is 0 Å². The molecule has 0 aromatic heterocycles. The molecular formula is C17H25NO3. The van der Waals surface area contributed by atoms with E-state index in [0.717, 1.165) is 12.0 Å². The number of ether oxygens (including phenoxy) is 2. The maximum absolute atomic E-state index is 12.3. The van der Waals surface area contributed by atoms with Gasteiger partial charge in [-0.15, -0.1) is 0 Å². The molecule has 1 aliphatic rings. The van der Waals surface area contributed by atoms with Crippen molar-refractivity contribution >= 4 is 5.91 Å². The molecular weight excluding hydrogens is 266 g/mol. The number of aryl methyl sites for hydroxylation is 1. The van der Waals surface area contributed by atoms with E-state index in [1.165, 1.54) is 5.56 Å². The number of rotatable bonds is 5. The van der Waals surface area contributed by atoms with Crippen LogP contribution in [0.15, 0.2) is 24.3 Å². The van der Waals surface area contributed by atoms with Gasteiger partial charge in [-0.1, -0.05) is 45.0 Å². The number of hydrogen-bond donors (Lipinski definition) is 1. The third-order valence-electron chi connectivity index (χ3n) is 3.82. The molecule has 1 fully saturated rings. The SMILES string of the molecule is CCc1ccc([C@H](NC(=O)[C@H]2COCCO2)C(C)C)cc1. The van der Waals surface area contributed by atoms with Crippen LogP contribution >= 0.6 is 0 Å². The van der Waals surface area contributed by atoms with Crippen LogP contribution in [0, 0.1) is 5.92 Å². The summed E-state index contributed by atoms with van der Waals surface area (Å²) in [7, 11) is 0. The first kappa shape index (κ1) is 16.0. The Hall–Kier alpha value is -1.39. The lowest BCUT2D eigenvalue weighted by Crippen LogP contribution is -2.45. The predicted molar refractivity (Wildman–Crippen MR) is 82.1 cm³/mol. The van der Waals surface area contributed by atoms with Gasteiger partial charge in [0, 0.05) is 0 Å². The van der Waals surface area contributed by atoms with E-state index in [-0.39, 0.29) is 11.9 Å². The number of benzene rings is 1. The van der Waals surface area contributed by atoms with Crippen molar-refractivity contribution in [2.45, 2.75) is 39.3 Å². The highest BCUT2D eigenvalue weighted by Crippen LogP contribution is 2.22. The van der Waals surface area contributed by atoms with Crippen molar-refractivity contribution in [3.63, 3.8) is 0 Å². The number of carbonyl (C=O) groups is 1. The fourth-order valence-electron chi connectivity index (χ4n) is 2.48. The molecule has 1 amide bonds. The second kappa shape index (κ2) is 7.57. The molecule has 0 saturated carbocycles. The van der Waals surface area contributed by atoms with Crippen LogP contribution in [0.4, 0.5) is 0 Å². The van der Waals surface area contributed by atoms with Crippen molar-refractivity contribution in [2.75, 3.05) is 19.8 Å². The van der Waals surface area contributed by atoms with Gasteiger partial charge in [0.05, 0.1) is 25.9 Å². The maximum atomic E-state index is 12.3. The Morgan fingerprint density at radius 1 is 1.29 bits per heavy atom. The first-order chi connectivity index (χ1) is 10.1. The van der Waals surface area contributed by atoms with Crippen molar-refractivity contribution in [1.29, 1.82) is 0 Å².